The molecule has 56 heavy (non-hydrogen) atoms. The van der Waals surface area contributed by atoms with Crippen molar-refractivity contribution in [2.45, 2.75) is 0 Å². The van der Waals surface area contributed by atoms with Crippen LogP contribution in [0.15, 0.2) is 170 Å². The summed E-state index contributed by atoms with van der Waals surface area (Å²) >= 11 is 0. The predicted octanol–water partition coefficient (Wildman–Crippen LogP) is 12.6. The number of benzene rings is 7. The molecule has 10 aromatic rings. The lowest BCUT2D eigenvalue weighted by Gasteiger charge is -2.19. The second-order valence-electron chi connectivity index (χ2n) is 13.8. The maximum atomic E-state index is 9.75. The van der Waals surface area contributed by atoms with Crippen molar-refractivity contribution in [1.82, 2.24) is 14.1 Å². The van der Waals surface area contributed by atoms with Gasteiger partial charge in [0.1, 0.15) is 0 Å². The van der Waals surface area contributed by atoms with Crippen LogP contribution in [0, 0.1) is 29.2 Å². The van der Waals surface area contributed by atoms with Crippen molar-refractivity contribution >= 4 is 49.3 Å². The van der Waals surface area contributed by atoms with E-state index >= 15 is 0 Å². The third kappa shape index (κ3) is 5.12. The Labute approximate surface area is 322 Å². The van der Waals surface area contributed by atoms with Gasteiger partial charge in [-0.2, -0.15) is 10.5 Å². The van der Waals surface area contributed by atoms with E-state index in [1.165, 1.54) is 0 Å². The standard InChI is InChI=1S/C50H28N6/c1-53-39-22-18-35(19-23-39)38-21-25-47-43(27-38)41-7-3-5-9-45(41)56(47)49-31-54-30-48(50(49)36-16-12-33(29-52)13-17-36)55-44-8-4-2-6-40(44)42-26-37(20-24-46(42)55)34-14-10-32(28-51)11-15-34/h2-27,30-31H. The van der Waals surface area contributed by atoms with Crippen molar-refractivity contribution in [2.24, 2.45) is 0 Å². The Balaban J connectivity index is 1.25. The number of nitrogens with zero attached hydrogens (tertiary/aromatic N) is 6. The molecule has 0 amide bonds. The van der Waals surface area contributed by atoms with Crippen molar-refractivity contribution in [3.63, 3.8) is 0 Å². The van der Waals surface area contributed by atoms with E-state index in [1.54, 1.807) is 0 Å². The normalized spacial score (nSPS) is 11.2. The van der Waals surface area contributed by atoms with Gasteiger partial charge in [0.25, 0.3) is 0 Å². The molecular weight excluding hydrogens is 685 g/mol. The topological polar surface area (TPSA) is 74.7 Å². The van der Waals surface area contributed by atoms with Gasteiger partial charge in [0.15, 0.2) is 5.69 Å². The first-order valence-corrected chi connectivity index (χ1v) is 18.2. The Morgan fingerprint density at radius 3 is 1.32 bits per heavy atom. The van der Waals surface area contributed by atoms with Crippen molar-refractivity contribution in [3.05, 3.63) is 193 Å². The Morgan fingerprint density at radius 1 is 0.446 bits per heavy atom. The molecule has 0 saturated carbocycles. The monoisotopic (exact) mass is 712 g/mol. The van der Waals surface area contributed by atoms with Gasteiger partial charge in [-0.05, 0) is 88.5 Å². The minimum atomic E-state index is 0.590. The summed E-state index contributed by atoms with van der Waals surface area (Å²) in [5.74, 6) is 0. The molecule has 3 aromatic heterocycles. The summed E-state index contributed by atoms with van der Waals surface area (Å²) in [7, 11) is 0. The number of rotatable bonds is 5. The molecular formula is C50H28N6. The van der Waals surface area contributed by atoms with E-state index in [9.17, 15) is 10.5 Å². The zero-order valence-electron chi connectivity index (χ0n) is 29.8. The third-order valence-corrected chi connectivity index (χ3v) is 10.7. The van der Waals surface area contributed by atoms with Crippen LogP contribution in [0.5, 0.6) is 0 Å². The molecule has 7 aromatic carbocycles. The SMILES string of the molecule is [C-]#[N+]c1ccc(-c2ccc3c(c2)c2ccccc2n3-c2cncc(-n3c4ccccc4c4cc(-c5ccc(C#N)cc5)ccc43)c2-c2ccc(C#N)cc2)cc1. The molecule has 3 heterocycles. The van der Waals surface area contributed by atoms with Crippen molar-refractivity contribution in [2.75, 3.05) is 0 Å². The molecule has 6 nitrogen and oxygen atoms in total. The number of hydrogen-bond donors (Lipinski definition) is 0. The average Bonchev–Trinajstić information content (AvgIpc) is 3.78. The highest BCUT2D eigenvalue weighted by Crippen LogP contribution is 2.43. The summed E-state index contributed by atoms with van der Waals surface area (Å²) in [5, 5.41) is 23.6. The molecule has 10 rings (SSSR count). The molecule has 0 unspecified atom stereocenters. The van der Waals surface area contributed by atoms with Crippen LogP contribution in [0.25, 0.3) is 93.2 Å². The van der Waals surface area contributed by atoms with Gasteiger partial charge >= 0.3 is 0 Å². The molecule has 0 atom stereocenters. The van der Waals surface area contributed by atoms with Gasteiger partial charge in [-0.1, -0.05) is 97.1 Å². The summed E-state index contributed by atoms with van der Waals surface area (Å²) in [6.07, 6.45) is 3.88. The lowest BCUT2D eigenvalue weighted by molar-refractivity contribution is 1.09. The minimum Gasteiger partial charge on any atom is -0.307 e. The van der Waals surface area contributed by atoms with E-state index in [4.69, 9.17) is 11.6 Å². The van der Waals surface area contributed by atoms with Gasteiger partial charge in [-0.15, -0.1) is 0 Å². The minimum absolute atomic E-state index is 0.590. The highest BCUT2D eigenvalue weighted by Gasteiger charge is 2.23. The van der Waals surface area contributed by atoms with Crippen LogP contribution < -0.4 is 0 Å². The molecule has 0 N–H and O–H groups in total. The number of aromatic nitrogens is 3. The third-order valence-electron chi connectivity index (χ3n) is 10.7. The zero-order chi connectivity index (χ0) is 37.8. The summed E-state index contributed by atoms with van der Waals surface area (Å²) in [6.45, 7) is 7.39. The number of fused-ring (bicyclic) bond motifs is 6. The fourth-order valence-electron chi connectivity index (χ4n) is 8.07. The molecule has 0 radical (unpaired) electrons. The first-order chi connectivity index (χ1) is 27.6. The van der Waals surface area contributed by atoms with Gasteiger partial charge in [0.05, 0.1) is 75.7 Å². The van der Waals surface area contributed by atoms with Crippen LogP contribution in [-0.2, 0) is 0 Å². The Hall–Kier alpha value is -8.24. The van der Waals surface area contributed by atoms with Gasteiger partial charge in [-0.3, -0.25) is 4.98 Å². The number of para-hydroxylation sites is 2. The molecule has 6 heteroatoms. The first kappa shape index (κ1) is 32.4. The van der Waals surface area contributed by atoms with E-state index in [2.05, 4.69) is 111 Å². The Morgan fingerprint density at radius 2 is 0.857 bits per heavy atom. The molecule has 0 aliphatic rings. The fourth-order valence-corrected chi connectivity index (χ4v) is 8.07. The van der Waals surface area contributed by atoms with Crippen LogP contribution in [-0.4, -0.2) is 14.1 Å². The van der Waals surface area contributed by atoms with Gasteiger partial charge in [-0.25, -0.2) is 4.85 Å². The van der Waals surface area contributed by atoms with Crippen LogP contribution in [0.1, 0.15) is 11.1 Å². The average molecular weight is 713 g/mol. The lowest BCUT2D eigenvalue weighted by atomic mass is 10.0. The first-order valence-electron chi connectivity index (χ1n) is 18.2. The molecule has 0 saturated heterocycles. The molecule has 0 aliphatic heterocycles. The van der Waals surface area contributed by atoms with E-state index in [-0.39, 0.29) is 0 Å². The highest BCUT2D eigenvalue weighted by atomic mass is 15.0. The summed E-state index contributed by atoms with van der Waals surface area (Å²) < 4.78 is 4.60. The zero-order valence-corrected chi connectivity index (χ0v) is 29.8. The smallest absolute Gasteiger partial charge is 0.187 e. The second kappa shape index (κ2) is 13.0. The summed E-state index contributed by atoms with van der Waals surface area (Å²) in [5.41, 5.74) is 14.0. The number of hydrogen-bond acceptors (Lipinski definition) is 3. The van der Waals surface area contributed by atoms with Crippen LogP contribution in [0.3, 0.4) is 0 Å². The van der Waals surface area contributed by atoms with Gasteiger partial charge in [0.2, 0.25) is 0 Å². The molecule has 0 spiro atoms. The number of nitriles is 2. The van der Waals surface area contributed by atoms with E-state index in [1.807, 2.05) is 85.2 Å². The van der Waals surface area contributed by atoms with Crippen LogP contribution in [0.4, 0.5) is 5.69 Å². The van der Waals surface area contributed by atoms with E-state index < -0.39 is 0 Å². The summed E-state index contributed by atoms with van der Waals surface area (Å²) in [4.78, 5) is 8.53. The molecule has 0 fully saturated rings. The molecule has 0 bridgehead atoms. The highest BCUT2D eigenvalue weighted by molar-refractivity contribution is 6.13. The largest absolute Gasteiger partial charge is 0.307 e. The van der Waals surface area contributed by atoms with Crippen LogP contribution in [0.2, 0.25) is 0 Å². The predicted molar refractivity (Wildman–Crippen MR) is 225 cm³/mol. The molecule has 258 valence electrons. The quantitative estimate of drug-likeness (QED) is 0.167. The second-order valence-corrected chi connectivity index (χ2v) is 13.8. The van der Waals surface area contributed by atoms with E-state index in [0.29, 0.717) is 16.8 Å². The number of pyridine rings is 1. The Kier molecular flexibility index (Phi) is 7.53. The Bertz CT molecular complexity index is 3120. The van der Waals surface area contributed by atoms with Crippen molar-refractivity contribution in [3.8, 4) is 56.9 Å². The van der Waals surface area contributed by atoms with Crippen LogP contribution >= 0.6 is 0 Å². The fraction of sp³-hybridized carbons (Fsp3) is 0. The van der Waals surface area contributed by atoms with Gasteiger partial charge < -0.3 is 9.13 Å². The maximum absolute atomic E-state index is 9.75. The van der Waals surface area contributed by atoms with Gasteiger partial charge in [0, 0.05) is 27.1 Å². The van der Waals surface area contributed by atoms with Crippen molar-refractivity contribution < 1.29 is 0 Å². The van der Waals surface area contributed by atoms with E-state index in [0.717, 1.165) is 88.4 Å². The summed E-state index contributed by atoms with van der Waals surface area (Å²) in [6, 6.07) is 57.7. The molecule has 0 aliphatic carbocycles. The maximum Gasteiger partial charge on any atom is 0.187 e. The van der Waals surface area contributed by atoms with Crippen molar-refractivity contribution in [1.29, 1.82) is 10.5 Å². The lowest BCUT2D eigenvalue weighted by Crippen LogP contribution is -2.05.